The third kappa shape index (κ3) is 3.98. The summed E-state index contributed by atoms with van der Waals surface area (Å²) >= 11 is 0. The first kappa shape index (κ1) is 16.3. The number of anilines is 1. The fourth-order valence-corrected chi connectivity index (χ4v) is 4.56. The average molecular weight is 311 g/mol. The van der Waals surface area contributed by atoms with Gasteiger partial charge in [0.15, 0.2) is 9.84 Å². The quantitative estimate of drug-likeness (QED) is 0.848. The van der Waals surface area contributed by atoms with E-state index in [-0.39, 0.29) is 24.3 Å². The van der Waals surface area contributed by atoms with Crippen molar-refractivity contribution in [1.29, 1.82) is 0 Å². The van der Waals surface area contributed by atoms with Crippen molar-refractivity contribution in [3.8, 4) is 0 Å². The highest BCUT2D eigenvalue weighted by Gasteiger charge is 2.26. The normalized spacial score (nSPS) is 23.0. The third-order valence-electron chi connectivity index (χ3n) is 4.18. The van der Waals surface area contributed by atoms with Gasteiger partial charge in [-0.25, -0.2) is 8.42 Å². The number of nitrogens with one attached hydrogen (secondary N) is 1. The molecule has 0 aliphatic heterocycles. The topological polar surface area (TPSA) is 66.4 Å². The number of para-hydroxylation sites is 1. The number of rotatable bonds is 6. The Morgan fingerprint density at radius 3 is 2.67 bits per heavy atom. The van der Waals surface area contributed by atoms with E-state index in [1.165, 1.54) is 0 Å². The lowest BCUT2D eigenvalue weighted by Crippen LogP contribution is -2.34. The largest absolute Gasteiger partial charge is 0.396 e. The van der Waals surface area contributed by atoms with Crippen molar-refractivity contribution in [3.63, 3.8) is 0 Å². The fraction of sp³-hybridized carbons (Fsp3) is 0.625. The molecule has 2 atom stereocenters. The van der Waals surface area contributed by atoms with Crippen LogP contribution in [0, 0.1) is 5.92 Å². The Labute approximate surface area is 127 Å². The minimum atomic E-state index is -3.24. The first-order chi connectivity index (χ1) is 10.1. The molecule has 1 fully saturated rings. The van der Waals surface area contributed by atoms with Crippen LogP contribution in [0.4, 0.5) is 5.69 Å². The van der Waals surface area contributed by atoms with Crippen molar-refractivity contribution >= 4 is 15.5 Å². The molecule has 0 saturated heterocycles. The lowest BCUT2D eigenvalue weighted by Gasteiger charge is -2.32. The van der Waals surface area contributed by atoms with E-state index in [4.69, 9.17) is 0 Å². The van der Waals surface area contributed by atoms with Crippen molar-refractivity contribution in [2.45, 2.75) is 50.0 Å². The van der Waals surface area contributed by atoms with Crippen molar-refractivity contribution in [2.24, 2.45) is 5.92 Å². The van der Waals surface area contributed by atoms with E-state index in [9.17, 15) is 13.5 Å². The molecule has 0 aromatic heterocycles. The zero-order valence-corrected chi connectivity index (χ0v) is 13.4. The van der Waals surface area contributed by atoms with Gasteiger partial charge in [0.05, 0.1) is 16.3 Å². The third-order valence-corrected chi connectivity index (χ3v) is 6.15. The highest BCUT2D eigenvalue weighted by Crippen LogP contribution is 2.30. The first-order valence-electron chi connectivity index (χ1n) is 7.77. The lowest BCUT2D eigenvalue weighted by atomic mass is 9.85. The van der Waals surface area contributed by atoms with Crippen LogP contribution >= 0.6 is 0 Å². The molecule has 2 N–H and O–H groups in total. The summed E-state index contributed by atoms with van der Waals surface area (Å²) < 4.78 is 24.7. The molecule has 21 heavy (non-hydrogen) atoms. The van der Waals surface area contributed by atoms with Gasteiger partial charge in [0, 0.05) is 18.6 Å². The maximum Gasteiger partial charge on any atom is 0.180 e. The number of aliphatic hydroxyl groups excluding tert-OH is 1. The first-order valence-corrected chi connectivity index (χ1v) is 9.43. The molecule has 1 aliphatic carbocycles. The van der Waals surface area contributed by atoms with Crippen LogP contribution in [-0.2, 0) is 9.84 Å². The number of aliphatic hydroxyl groups is 1. The van der Waals surface area contributed by atoms with Crippen LogP contribution in [-0.4, -0.2) is 31.9 Å². The Balaban J connectivity index is 2.24. The maximum atomic E-state index is 12.4. The molecule has 0 spiro atoms. The summed E-state index contributed by atoms with van der Waals surface area (Å²) in [6.07, 6.45) is 4.85. The molecule has 2 rings (SSSR count). The zero-order chi connectivity index (χ0) is 15.3. The minimum Gasteiger partial charge on any atom is -0.396 e. The average Bonchev–Trinajstić information content (AvgIpc) is 2.48. The molecule has 1 aromatic carbocycles. The summed E-state index contributed by atoms with van der Waals surface area (Å²) in [5, 5.41) is 12.9. The molecular formula is C16H25NO3S. The number of sulfone groups is 1. The summed E-state index contributed by atoms with van der Waals surface area (Å²) in [4.78, 5) is 0.383. The van der Waals surface area contributed by atoms with Crippen molar-refractivity contribution in [1.82, 2.24) is 0 Å². The molecular weight excluding hydrogens is 286 g/mol. The molecule has 0 bridgehead atoms. The molecule has 0 amide bonds. The molecule has 5 heteroatoms. The Morgan fingerprint density at radius 1 is 1.24 bits per heavy atom. The lowest BCUT2D eigenvalue weighted by molar-refractivity contribution is 0.178. The van der Waals surface area contributed by atoms with Crippen molar-refractivity contribution in [3.05, 3.63) is 24.3 Å². The maximum absolute atomic E-state index is 12.4. The summed E-state index contributed by atoms with van der Waals surface area (Å²) in [7, 11) is -3.24. The molecule has 2 unspecified atom stereocenters. The van der Waals surface area contributed by atoms with Gasteiger partial charge in [-0.05, 0) is 31.4 Å². The molecule has 1 aliphatic rings. The van der Waals surface area contributed by atoms with Gasteiger partial charge in [-0.15, -0.1) is 0 Å². The number of benzene rings is 1. The van der Waals surface area contributed by atoms with Crippen LogP contribution in [0.25, 0.3) is 0 Å². The number of hydrogen-bond acceptors (Lipinski definition) is 4. The van der Waals surface area contributed by atoms with Crippen LogP contribution < -0.4 is 5.32 Å². The van der Waals surface area contributed by atoms with Crippen molar-refractivity contribution < 1.29 is 13.5 Å². The molecule has 118 valence electrons. The van der Waals surface area contributed by atoms with Gasteiger partial charge >= 0.3 is 0 Å². The van der Waals surface area contributed by atoms with Gasteiger partial charge in [0.2, 0.25) is 0 Å². The predicted molar refractivity (Wildman–Crippen MR) is 85.2 cm³/mol. The standard InChI is InChI=1S/C16H25NO3S/c1-2-11-21(19,20)16-10-6-5-9-15(16)17-14-8-4-3-7-13(14)12-18/h5-6,9-10,13-14,17-18H,2-4,7-8,11-12H2,1H3. The van der Waals surface area contributed by atoms with Gasteiger partial charge < -0.3 is 10.4 Å². The molecule has 0 radical (unpaired) electrons. The van der Waals surface area contributed by atoms with E-state index < -0.39 is 9.84 Å². The van der Waals surface area contributed by atoms with E-state index >= 15 is 0 Å². The highest BCUT2D eigenvalue weighted by molar-refractivity contribution is 7.91. The number of hydrogen-bond donors (Lipinski definition) is 2. The van der Waals surface area contributed by atoms with E-state index in [0.29, 0.717) is 17.0 Å². The molecule has 0 heterocycles. The van der Waals surface area contributed by atoms with Crippen LogP contribution in [0.3, 0.4) is 0 Å². The highest BCUT2D eigenvalue weighted by atomic mass is 32.2. The Bertz CT molecular complexity index is 556. The monoisotopic (exact) mass is 311 g/mol. The van der Waals surface area contributed by atoms with E-state index in [2.05, 4.69) is 5.32 Å². The van der Waals surface area contributed by atoms with Crippen LogP contribution in [0.15, 0.2) is 29.2 Å². The predicted octanol–water partition coefficient (Wildman–Crippen LogP) is 2.83. The van der Waals surface area contributed by atoms with Gasteiger partial charge in [-0.3, -0.25) is 0 Å². The molecule has 1 saturated carbocycles. The van der Waals surface area contributed by atoms with Gasteiger partial charge in [-0.1, -0.05) is 31.9 Å². The van der Waals surface area contributed by atoms with E-state index in [1.54, 1.807) is 12.1 Å². The van der Waals surface area contributed by atoms with Gasteiger partial charge in [0.25, 0.3) is 0 Å². The Hall–Kier alpha value is -1.07. The minimum absolute atomic E-state index is 0.154. The molecule has 4 nitrogen and oxygen atoms in total. The Kier molecular flexibility index (Phi) is 5.65. The van der Waals surface area contributed by atoms with Gasteiger partial charge in [-0.2, -0.15) is 0 Å². The second-order valence-corrected chi connectivity index (χ2v) is 7.87. The summed E-state index contributed by atoms with van der Waals surface area (Å²) in [6, 6.07) is 7.26. The van der Waals surface area contributed by atoms with Crippen molar-refractivity contribution in [2.75, 3.05) is 17.7 Å². The molecule has 1 aromatic rings. The van der Waals surface area contributed by atoms with Crippen LogP contribution in [0.2, 0.25) is 0 Å². The fourth-order valence-electron chi connectivity index (χ4n) is 3.05. The van der Waals surface area contributed by atoms with Crippen LogP contribution in [0.5, 0.6) is 0 Å². The zero-order valence-electron chi connectivity index (χ0n) is 12.6. The van der Waals surface area contributed by atoms with Gasteiger partial charge in [0.1, 0.15) is 0 Å². The van der Waals surface area contributed by atoms with E-state index in [1.807, 2.05) is 19.1 Å². The SMILES string of the molecule is CCCS(=O)(=O)c1ccccc1NC1CCCCC1CO. The summed E-state index contributed by atoms with van der Waals surface area (Å²) in [6.45, 7) is 2.03. The summed E-state index contributed by atoms with van der Waals surface area (Å²) in [5.74, 6) is 0.375. The Morgan fingerprint density at radius 2 is 1.95 bits per heavy atom. The smallest absolute Gasteiger partial charge is 0.180 e. The second kappa shape index (κ2) is 7.27. The van der Waals surface area contributed by atoms with E-state index in [0.717, 1.165) is 25.7 Å². The van der Waals surface area contributed by atoms with Crippen LogP contribution in [0.1, 0.15) is 39.0 Å². The summed E-state index contributed by atoms with van der Waals surface area (Å²) in [5.41, 5.74) is 0.677. The second-order valence-electron chi connectivity index (χ2n) is 5.79.